The van der Waals surface area contributed by atoms with Gasteiger partial charge in [0.25, 0.3) is 0 Å². The third-order valence-electron chi connectivity index (χ3n) is 4.08. The summed E-state index contributed by atoms with van der Waals surface area (Å²) in [4.78, 5) is 33.2. The number of hydrogen-bond donors (Lipinski definition) is 0. The summed E-state index contributed by atoms with van der Waals surface area (Å²) in [7, 11) is 2.72. The molecule has 0 aromatic heterocycles. The van der Waals surface area contributed by atoms with E-state index < -0.39 is 5.97 Å². The Morgan fingerprint density at radius 2 is 1.16 bits per heavy atom. The lowest BCUT2D eigenvalue weighted by atomic mass is 10.0. The van der Waals surface area contributed by atoms with Crippen LogP contribution < -0.4 is 0 Å². The predicted octanol–water partition coefficient (Wildman–Crippen LogP) is 4.53. The van der Waals surface area contributed by atoms with Gasteiger partial charge in [-0.3, -0.25) is 14.4 Å². The molecule has 0 spiro atoms. The molecular formula is C20H34O5. The van der Waals surface area contributed by atoms with Crippen molar-refractivity contribution in [2.75, 3.05) is 14.2 Å². The van der Waals surface area contributed by atoms with Crippen LogP contribution >= 0.6 is 0 Å². The lowest BCUT2D eigenvalue weighted by molar-refractivity contribution is -0.143. The third kappa shape index (κ3) is 17.0. The molecule has 0 atom stereocenters. The Balaban J connectivity index is 3.27. The molecule has 0 aromatic rings. The summed E-state index contributed by atoms with van der Waals surface area (Å²) in [6.07, 6.45) is 16.3. The van der Waals surface area contributed by atoms with Crippen molar-refractivity contribution >= 4 is 17.7 Å². The first-order valence-electron chi connectivity index (χ1n) is 9.43. The minimum absolute atomic E-state index is 0.109. The van der Waals surface area contributed by atoms with Gasteiger partial charge in [0.2, 0.25) is 0 Å². The summed E-state index contributed by atoms with van der Waals surface area (Å²) < 4.78 is 9.05. The highest BCUT2D eigenvalue weighted by Gasteiger charge is 2.05. The van der Waals surface area contributed by atoms with Crippen LogP contribution in [0.5, 0.6) is 0 Å². The van der Waals surface area contributed by atoms with Gasteiger partial charge in [-0.1, -0.05) is 57.4 Å². The van der Waals surface area contributed by atoms with Crippen molar-refractivity contribution in [2.45, 2.75) is 83.5 Å². The van der Waals surface area contributed by atoms with Crippen molar-refractivity contribution in [2.24, 2.45) is 0 Å². The van der Waals surface area contributed by atoms with Crippen molar-refractivity contribution in [1.29, 1.82) is 0 Å². The lowest BCUT2D eigenvalue weighted by Gasteiger charge is -2.02. The maximum Gasteiger partial charge on any atom is 0.313 e. The fraction of sp³-hybridized carbons (Fsp3) is 0.750. The Hall–Kier alpha value is -1.65. The van der Waals surface area contributed by atoms with Crippen LogP contribution in [0.4, 0.5) is 0 Å². The first-order chi connectivity index (χ1) is 12.1. The molecule has 0 heterocycles. The summed E-state index contributed by atoms with van der Waals surface area (Å²) in [5, 5.41) is 0. The SMILES string of the molecule is COC(=O)CCCCCCCCCCCCC=CC(=O)CC(=O)OC. The number of rotatable bonds is 16. The number of unbranched alkanes of at least 4 members (excludes halogenated alkanes) is 10. The maximum atomic E-state index is 11.4. The number of allylic oxidation sites excluding steroid dienone is 2. The van der Waals surface area contributed by atoms with Gasteiger partial charge in [-0.25, -0.2) is 0 Å². The zero-order valence-electron chi connectivity index (χ0n) is 15.9. The fourth-order valence-electron chi connectivity index (χ4n) is 2.54. The first-order valence-corrected chi connectivity index (χ1v) is 9.43. The van der Waals surface area contributed by atoms with E-state index in [0.717, 1.165) is 25.7 Å². The molecule has 0 bridgehead atoms. The van der Waals surface area contributed by atoms with Crippen molar-refractivity contribution in [3.05, 3.63) is 12.2 Å². The van der Waals surface area contributed by atoms with Crippen molar-refractivity contribution in [3.63, 3.8) is 0 Å². The van der Waals surface area contributed by atoms with E-state index in [-0.39, 0.29) is 18.2 Å². The van der Waals surface area contributed by atoms with Gasteiger partial charge in [0.1, 0.15) is 6.42 Å². The van der Waals surface area contributed by atoms with E-state index >= 15 is 0 Å². The van der Waals surface area contributed by atoms with E-state index in [1.54, 1.807) is 0 Å². The van der Waals surface area contributed by atoms with Crippen LogP contribution in [0.2, 0.25) is 0 Å². The normalized spacial score (nSPS) is 10.8. The number of ether oxygens (including phenoxy) is 2. The molecule has 0 saturated heterocycles. The zero-order chi connectivity index (χ0) is 18.8. The zero-order valence-corrected chi connectivity index (χ0v) is 15.9. The molecular weight excluding hydrogens is 320 g/mol. The van der Waals surface area contributed by atoms with E-state index in [0.29, 0.717) is 6.42 Å². The van der Waals surface area contributed by atoms with Gasteiger partial charge in [-0.2, -0.15) is 0 Å². The fourth-order valence-corrected chi connectivity index (χ4v) is 2.54. The highest BCUT2D eigenvalue weighted by Crippen LogP contribution is 2.12. The van der Waals surface area contributed by atoms with Crippen molar-refractivity contribution < 1.29 is 23.9 Å². The molecule has 5 nitrogen and oxygen atoms in total. The molecule has 0 aromatic carbocycles. The van der Waals surface area contributed by atoms with E-state index in [9.17, 15) is 14.4 Å². The molecule has 0 radical (unpaired) electrons. The molecule has 0 amide bonds. The third-order valence-corrected chi connectivity index (χ3v) is 4.08. The van der Waals surface area contributed by atoms with Crippen molar-refractivity contribution in [3.8, 4) is 0 Å². The van der Waals surface area contributed by atoms with Crippen LogP contribution in [0.15, 0.2) is 12.2 Å². The van der Waals surface area contributed by atoms with Gasteiger partial charge in [-0.15, -0.1) is 0 Å². The van der Waals surface area contributed by atoms with E-state index in [2.05, 4.69) is 9.47 Å². The Kier molecular flexibility index (Phi) is 16.0. The van der Waals surface area contributed by atoms with E-state index in [4.69, 9.17) is 0 Å². The second-order valence-electron chi connectivity index (χ2n) is 6.27. The minimum Gasteiger partial charge on any atom is -0.469 e. The number of carbonyl (C=O) groups excluding carboxylic acids is 3. The number of carbonyl (C=O) groups is 3. The van der Waals surface area contributed by atoms with Gasteiger partial charge in [0, 0.05) is 6.42 Å². The summed E-state index contributed by atoms with van der Waals surface area (Å²) in [5.74, 6) is -0.792. The number of hydrogen-bond acceptors (Lipinski definition) is 5. The molecule has 0 saturated carbocycles. The summed E-state index contributed by atoms with van der Waals surface area (Å²) in [6, 6.07) is 0. The van der Waals surface area contributed by atoms with Crippen LogP contribution in [-0.4, -0.2) is 31.9 Å². The van der Waals surface area contributed by atoms with Gasteiger partial charge < -0.3 is 9.47 Å². The molecule has 0 aliphatic rings. The Bertz CT molecular complexity index is 401. The summed E-state index contributed by atoms with van der Waals surface area (Å²) in [5.41, 5.74) is 0. The van der Waals surface area contributed by atoms with Crippen LogP contribution in [-0.2, 0) is 23.9 Å². The molecule has 5 heteroatoms. The summed E-state index contributed by atoms with van der Waals surface area (Å²) >= 11 is 0. The van der Waals surface area contributed by atoms with Crippen LogP contribution in [0, 0.1) is 0 Å². The van der Waals surface area contributed by atoms with Crippen LogP contribution in [0.25, 0.3) is 0 Å². The average Bonchev–Trinajstić information content (AvgIpc) is 2.61. The van der Waals surface area contributed by atoms with Gasteiger partial charge >= 0.3 is 11.9 Å². The molecule has 25 heavy (non-hydrogen) atoms. The number of ketones is 1. The Morgan fingerprint density at radius 1 is 0.680 bits per heavy atom. The highest BCUT2D eigenvalue weighted by atomic mass is 16.5. The molecule has 144 valence electrons. The van der Waals surface area contributed by atoms with Crippen LogP contribution in [0.1, 0.15) is 83.5 Å². The molecule has 0 rings (SSSR count). The topological polar surface area (TPSA) is 69.7 Å². The number of methoxy groups -OCH3 is 2. The van der Waals surface area contributed by atoms with Gasteiger partial charge in [0.05, 0.1) is 14.2 Å². The monoisotopic (exact) mass is 354 g/mol. The Labute approximate surface area is 152 Å². The van der Waals surface area contributed by atoms with Gasteiger partial charge in [-0.05, 0) is 25.3 Å². The lowest BCUT2D eigenvalue weighted by Crippen LogP contribution is -2.06. The second-order valence-corrected chi connectivity index (χ2v) is 6.27. The molecule has 0 aliphatic carbocycles. The molecule has 0 N–H and O–H groups in total. The quantitative estimate of drug-likeness (QED) is 0.176. The largest absolute Gasteiger partial charge is 0.469 e. The molecule has 0 aliphatic heterocycles. The maximum absolute atomic E-state index is 11.4. The summed E-state index contributed by atoms with van der Waals surface area (Å²) in [6.45, 7) is 0. The van der Waals surface area contributed by atoms with Crippen LogP contribution in [0.3, 0.4) is 0 Å². The van der Waals surface area contributed by atoms with Crippen molar-refractivity contribution in [1.82, 2.24) is 0 Å². The number of esters is 2. The molecule has 0 fully saturated rings. The predicted molar refractivity (Wildman–Crippen MR) is 98.2 cm³/mol. The van der Waals surface area contributed by atoms with Gasteiger partial charge in [0.15, 0.2) is 5.78 Å². The van der Waals surface area contributed by atoms with E-state index in [1.165, 1.54) is 65.2 Å². The Morgan fingerprint density at radius 3 is 1.68 bits per heavy atom. The second kappa shape index (κ2) is 17.2. The van der Waals surface area contributed by atoms with E-state index in [1.807, 2.05) is 6.08 Å². The standard InChI is InChI=1S/C20H34O5/c1-24-19(22)16-14-12-10-8-6-4-3-5-7-9-11-13-15-18(21)17-20(23)25-2/h13,15H,3-12,14,16-17H2,1-2H3. The minimum atomic E-state index is -0.488. The average molecular weight is 354 g/mol. The molecule has 0 unspecified atom stereocenters. The highest BCUT2D eigenvalue weighted by molar-refractivity contribution is 6.01. The smallest absolute Gasteiger partial charge is 0.313 e. The first kappa shape index (κ1) is 23.4.